The molecule has 0 saturated carbocycles. The Hall–Kier alpha value is -3.97. The molecule has 0 bridgehead atoms. The predicted molar refractivity (Wildman–Crippen MR) is 146 cm³/mol. The lowest BCUT2D eigenvalue weighted by atomic mass is 10.2. The number of ether oxygens (including phenoxy) is 3. The van der Waals surface area contributed by atoms with Gasteiger partial charge in [-0.1, -0.05) is 6.92 Å². The summed E-state index contributed by atoms with van der Waals surface area (Å²) in [6.45, 7) is 4.45. The summed E-state index contributed by atoms with van der Waals surface area (Å²) < 4.78 is 51.3. The minimum Gasteiger partial charge on any atom is -0.493 e. The van der Waals surface area contributed by atoms with E-state index in [4.69, 9.17) is 19.3 Å². The van der Waals surface area contributed by atoms with Crippen LogP contribution >= 0.6 is 0 Å². The van der Waals surface area contributed by atoms with Gasteiger partial charge in [0.05, 0.1) is 29.9 Å². The highest BCUT2D eigenvalue weighted by molar-refractivity contribution is 7.92. The molecule has 2 heterocycles. The van der Waals surface area contributed by atoms with Gasteiger partial charge in [0, 0.05) is 64.6 Å². The quantitative estimate of drug-likeness (QED) is 0.253. The minimum absolute atomic E-state index is 0.00943. The first-order chi connectivity index (χ1) is 18.5. The molecule has 0 amide bonds. The molecule has 210 valence electrons. The number of hydrogen-bond acceptors (Lipinski definition) is 8. The molecule has 0 spiro atoms. The maximum atomic E-state index is 13.3. The zero-order valence-corrected chi connectivity index (χ0v) is 23.4. The number of sulfonamides is 1. The predicted octanol–water partition coefficient (Wildman–Crippen LogP) is 3.06. The van der Waals surface area contributed by atoms with Crippen LogP contribution in [0.25, 0.3) is 11.0 Å². The molecule has 0 aliphatic heterocycles. The van der Waals surface area contributed by atoms with E-state index in [-0.39, 0.29) is 28.8 Å². The van der Waals surface area contributed by atoms with Crippen molar-refractivity contribution < 1.29 is 27.7 Å². The summed E-state index contributed by atoms with van der Waals surface area (Å²) in [6, 6.07) is 8.19. The largest absolute Gasteiger partial charge is 0.493 e. The average molecular weight is 560 g/mol. The van der Waals surface area contributed by atoms with Gasteiger partial charge in [-0.05, 0) is 19.4 Å². The van der Waals surface area contributed by atoms with Crippen LogP contribution in [0.3, 0.4) is 0 Å². The molecule has 4 rings (SSSR count). The average Bonchev–Trinajstić information content (AvgIpc) is 3.34. The number of aromatic nitrogens is 4. The Morgan fingerprint density at radius 2 is 1.56 bits per heavy atom. The Balaban J connectivity index is 1.80. The highest BCUT2D eigenvalue weighted by Crippen LogP contribution is 2.37. The zero-order valence-electron chi connectivity index (χ0n) is 22.6. The van der Waals surface area contributed by atoms with Crippen LogP contribution in [0.5, 0.6) is 23.0 Å². The van der Waals surface area contributed by atoms with Gasteiger partial charge in [-0.2, -0.15) is 8.42 Å². The number of aliphatic hydroxyl groups excluding tert-OH is 1. The van der Waals surface area contributed by atoms with Crippen molar-refractivity contribution >= 4 is 26.7 Å². The molecule has 0 fully saturated rings. The van der Waals surface area contributed by atoms with Crippen molar-refractivity contribution in [3.05, 3.63) is 52.8 Å². The molecule has 0 saturated heterocycles. The second-order valence-corrected chi connectivity index (χ2v) is 10.7. The summed E-state index contributed by atoms with van der Waals surface area (Å²) >= 11 is 0. The number of hydrogen-bond donors (Lipinski definition) is 2. The van der Waals surface area contributed by atoms with Gasteiger partial charge in [0.1, 0.15) is 23.1 Å². The second kappa shape index (κ2) is 11.4. The third-order valence-electron chi connectivity index (χ3n) is 6.10. The number of aliphatic hydroxyl groups is 1. The highest BCUT2D eigenvalue weighted by atomic mass is 32.2. The number of benzene rings is 2. The van der Waals surface area contributed by atoms with Gasteiger partial charge in [-0.25, -0.2) is 9.78 Å². The first-order valence-corrected chi connectivity index (χ1v) is 13.9. The molecule has 0 unspecified atom stereocenters. The fraction of sp³-hybridized carbons (Fsp3) is 0.385. The van der Waals surface area contributed by atoms with E-state index in [0.717, 1.165) is 6.42 Å². The molecule has 4 aromatic rings. The van der Waals surface area contributed by atoms with Crippen molar-refractivity contribution in [2.24, 2.45) is 21.1 Å². The summed E-state index contributed by atoms with van der Waals surface area (Å²) in [7, 11) is 0.850. The first-order valence-electron chi connectivity index (χ1n) is 12.5. The van der Waals surface area contributed by atoms with Crippen LogP contribution in [0, 0.1) is 6.92 Å². The molecular formula is C26H33N5O7S. The van der Waals surface area contributed by atoms with Crippen LogP contribution in [0.2, 0.25) is 0 Å². The third kappa shape index (κ3) is 6.04. The molecule has 2 N–H and O–H groups in total. The van der Waals surface area contributed by atoms with Crippen molar-refractivity contribution in [3.63, 3.8) is 0 Å². The summed E-state index contributed by atoms with van der Waals surface area (Å²) in [6.07, 6.45) is 2.66. The summed E-state index contributed by atoms with van der Waals surface area (Å²) in [5.74, 6) is 2.00. The van der Waals surface area contributed by atoms with Crippen molar-refractivity contribution in [3.8, 4) is 23.0 Å². The molecule has 39 heavy (non-hydrogen) atoms. The van der Waals surface area contributed by atoms with Crippen LogP contribution in [-0.4, -0.2) is 52.0 Å². The third-order valence-corrected chi connectivity index (χ3v) is 7.34. The van der Waals surface area contributed by atoms with Gasteiger partial charge >= 0.3 is 5.69 Å². The smallest absolute Gasteiger partial charge is 0.328 e. The number of anilines is 1. The molecular weight excluding hydrogens is 526 g/mol. The molecule has 0 aliphatic rings. The lowest BCUT2D eigenvalue weighted by Crippen LogP contribution is -2.19. The van der Waals surface area contributed by atoms with Gasteiger partial charge in [0.2, 0.25) is 0 Å². The van der Waals surface area contributed by atoms with Crippen molar-refractivity contribution in [1.82, 2.24) is 18.7 Å². The van der Waals surface area contributed by atoms with Gasteiger partial charge in [-0.15, -0.1) is 0 Å². The number of fused-ring (bicyclic) bond motifs is 1. The van der Waals surface area contributed by atoms with Gasteiger partial charge < -0.3 is 23.9 Å². The van der Waals surface area contributed by atoms with E-state index in [1.165, 1.54) is 15.3 Å². The minimum atomic E-state index is -4.09. The Labute approximate surface area is 226 Å². The van der Waals surface area contributed by atoms with E-state index in [9.17, 15) is 13.2 Å². The number of rotatable bonds is 12. The number of aryl methyl sites for hydroxylation is 4. The summed E-state index contributed by atoms with van der Waals surface area (Å²) in [5, 5.41) is 8.95. The van der Waals surface area contributed by atoms with E-state index in [1.807, 2.05) is 6.92 Å². The van der Waals surface area contributed by atoms with Gasteiger partial charge in [0.25, 0.3) is 10.0 Å². The SMILES string of the molecule is CCCOc1cc(OCCCO)cc(Oc2cc3c(cc2NS(=O)(=O)c2cn(C)c(C)n2)n(C)c(=O)n3C)c1. The fourth-order valence-corrected chi connectivity index (χ4v) is 5.02. The standard InChI is InChI=1S/C26H33N5O7S/c1-6-9-36-18-11-19(37-10-7-8-32)13-20(12-18)38-24-15-23-22(30(4)26(33)31(23)5)14-21(24)28-39(34,35)25-16-29(3)17(2)27-25/h11-16,28,32H,6-10H2,1-5H3. The Kier molecular flexibility index (Phi) is 8.21. The van der Waals surface area contributed by atoms with E-state index in [1.54, 1.807) is 63.0 Å². The lowest BCUT2D eigenvalue weighted by Gasteiger charge is -2.16. The number of nitrogens with zero attached hydrogens (tertiary/aromatic N) is 4. The van der Waals surface area contributed by atoms with E-state index < -0.39 is 10.0 Å². The second-order valence-electron chi connectivity index (χ2n) is 9.10. The topological polar surface area (TPSA) is 139 Å². The van der Waals surface area contributed by atoms with Crippen LogP contribution in [0.4, 0.5) is 5.69 Å². The van der Waals surface area contributed by atoms with Crippen LogP contribution in [0.1, 0.15) is 25.6 Å². The first kappa shape index (κ1) is 28.0. The van der Waals surface area contributed by atoms with Crippen LogP contribution in [0.15, 0.2) is 46.3 Å². The maximum Gasteiger partial charge on any atom is 0.328 e. The Morgan fingerprint density at radius 1 is 0.949 bits per heavy atom. The van der Waals surface area contributed by atoms with E-state index in [0.29, 0.717) is 53.7 Å². The van der Waals surface area contributed by atoms with Crippen LogP contribution < -0.4 is 24.6 Å². The highest BCUT2D eigenvalue weighted by Gasteiger charge is 2.23. The number of imidazole rings is 2. The molecule has 0 aliphatic carbocycles. The molecule has 0 atom stereocenters. The molecule has 0 radical (unpaired) electrons. The van der Waals surface area contributed by atoms with E-state index in [2.05, 4.69) is 9.71 Å². The normalized spacial score (nSPS) is 11.6. The Morgan fingerprint density at radius 3 is 2.15 bits per heavy atom. The molecule has 2 aromatic carbocycles. The van der Waals surface area contributed by atoms with Crippen molar-refractivity contribution in [2.75, 3.05) is 24.5 Å². The lowest BCUT2D eigenvalue weighted by molar-refractivity contribution is 0.232. The number of nitrogens with one attached hydrogen (secondary N) is 1. The summed E-state index contributed by atoms with van der Waals surface area (Å²) in [5.41, 5.74) is 0.908. The van der Waals surface area contributed by atoms with Gasteiger partial charge in [0.15, 0.2) is 10.8 Å². The zero-order chi connectivity index (χ0) is 28.3. The van der Waals surface area contributed by atoms with Crippen molar-refractivity contribution in [1.29, 1.82) is 0 Å². The Bertz CT molecular complexity index is 1630. The van der Waals surface area contributed by atoms with E-state index >= 15 is 0 Å². The summed E-state index contributed by atoms with van der Waals surface area (Å²) in [4.78, 5) is 16.8. The molecule has 2 aromatic heterocycles. The van der Waals surface area contributed by atoms with Crippen molar-refractivity contribution in [2.45, 2.75) is 31.7 Å². The van der Waals surface area contributed by atoms with Crippen LogP contribution in [-0.2, 0) is 31.2 Å². The maximum absolute atomic E-state index is 13.3. The molecule has 13 heteroatoms. The molecule has 12 nitrogen and oxygen atoms in total. The fourth-order valence-electron chi connectivity index (χ4n) is 3.92. The monoisotopic (exact) mass is 559 g/mol. The van der Waals surface area contributed by atoms with Gasteiger partial charge in [-0.3, -0.25) is 13.9 Å².